The molecule has 0 radical (unpaired) electrons. The van der Waals surface area contributed by atoms with Crippen LogP contribution in [0.25, 0.3) is 0 Å². The third-order valence-corrected chi connectivity index (χ3v) is 4.58. The van der Waals surface area contributed by atoms with Crippen LogP contribution in [-0.2, 0) is 4.79 Å². The molecule has 0 fully saturated rings. The first kappa shape index (κ1) is 26.6. The second-order valence-electron chi connectivity index (χ2n) is 7.33. The Hall–Kier alpha value is -0.610. The van der Waals surface area contributed by atoms with Crippen LogP contribution >= 0.6 is 0 Å². The molecule has 0 rings (SSSR count). The largest absolute Gasteiger partial charge is 0.481 e. The van der Waals surface area contributed by atoms with Gasteiger partial charge in [-0.2, -0.15) is 0 Å². The van der Waals surface area contributed by atoms with Gasteiger partial charge in [0.25, 0.3) is 0 Å². The molecule has 25 heavy (non-hydrogen) atoms. The van der Waals surface area contributed by atoms with Crippen molar-refractivity contribution in [2.24, 2.45) is 5.73 Å². The minimum Gasteiger partial charge on any atom is -0.481 e. The third-order valence-electron chi connectivity index (χ3n) is 4.58. The minimum atomic E-state index is -0.655. The topological polar surface area (TPSA) is 66.6 Å². The maximum absolute atomic E-state index is 10.3. The predicted molar refractivity (Wildman–Crippen MR) is 110 cm³/mol. The summed E-state index contributed by atoms with van der Waals surface area (Å²) in [6.45, 7) is 4.33. The summed E-state index contributed by atoms with van der Waals surface area (Å²) in [5.74, 6) is -0.655. The summed E-state index contributed by atoms with van der Waals surface area (Å²) in [6.07, 6.45) is 18.5. The highest BCUT2D eigenvalue weighted by atomic mass is 16.4. The van der Waals surface area contributed by atoms with Gasteiger partial charge in [0.15, 0.2) is 0 Å². The van der Waals surface area contributed by atoms with Crippen molar-refractivity contribution in [3.05, 3.63) is 0 Å². The zero-order valence-corrected chi connectivity index (χ0v) is 17.6. The molecule has 0 aliphatic carbocycles. The lowest BCUT2D eigenvalue weighted by atomic mass is 10.0. The lowest BCUT2D eigenvalue weighted by Crippen LogP contribution is -2.35. The van der Waals surface area contributed by atoms with Gasteiger partial charge in [-0.15, -0.1) is 0 Å². The summed E-state index contributed by atoms with van der Waals surface area (Å²) in [5, 5.41) is 8.49. The number of unbranched alkanes of at least 4 members (excludes halogenated alkanes) is 12. The van der Waals surface area contributed by atoms with Gasteiger partial charge in [-0.05, 0) is 26.9 Å². The van der Waals surface area contributed by atoms with Crippen LogP contribution < -0.4 is 5.73 Å². The van der Waals surface area contributed by atoms with E-state index in [4.69, 9.17) is 10.8 Å². The van der Waals surface area contributed by atoms with Crippen molar-refractivity contribution < 1.29 is 9.90 Å². The van der Waals surface area contributed by atoms with E-state index < -0.39 is 5.97 Å². The molecule has 1 atom stereocenters. The number of carboxylic acids is 1. The SMILES string of the molecule is CCC(N)N(C)C.CCCCCCCCCCCCCCCC(=O)O. The Morgan fingerprint density at radius 3 is 1.40 bits per heavy atom. The highest BCUT2D eigenvalue weighted by Crippen LogP contribution is 2.12. The molecule has 0 bridgehead atoms. The monoisotopic (exact) mass is 358 g/mol. The fourth-order valence-corrected chi connectivity index (χ4v) is 2.66. The molecule has 4 nitrogen and oxygen atoms in total. The second-order valence-corrected chi connectivity index (χ2v) is 7.33. The fourth-order valence-electron chi connectivity index (χ4n) is 2.66. The van der Waals surface area contributed by atoms with E-state index in [1.807, 2.05) is 19.0 Å². The molecule has 0 aromatic heterocycles. The van der Waals surface area contributed by atoms with Crippen LogP contribution in [0.1, 0.15) is 110 Å². The van der Waals surface area contributed by atoms with Crippen LogP contribution in [0.15, 0.2) is 0 Å². The quantitative estimate of drug-likeness (QED) is 0.270. The Morgan fingerprint density at radius 1 is 0.800 bits per heavy atom. The second kappa shape index (κ2) is 21.4. The van der Waals surface area contributed by atoms with Gasteiger partial charge < -0.3 is 10.8 Å². The summed E-state index contributed by atoms with van der Waals surface area (Å²) in [6, 6.07) is 0. The molecule has 0 heterocycles. The van der Waals surface area contributed by atoms with E-state index in [2.05, 4.69) is 13.8 Å². The summed E-state index contributed by atoms with van der Waals surface area (Å²) < 4.78 is 0. The minimum absolute atomic E-state index is 0.236. The van der Waals surface area contributed by atoms with Gasteiger partial charge >= 0.3 is 5.97 Å². The van der Waals surface area contributed by atoms with Gasteiger partial charge in [-0.1, -0.05) is 90.9 Å². The highest BCUT2D eigenvalue weighted by molar-refractivity contribution is 5.66. The van der Waals surface area contributed by atoms with Crippen LogP contribution in [0.3, 0.4) is 0 Å². The maximum atomic E-state index is 10.3. The van der Waals surface area contributed by atoms with Crippen molar-refractivity contribution in [1.29, 1.82) is 0 Å². The number of carboxylic acid groups (broad SMARTS) is 1. The van der Waals surface area contributed by atoms with E-state index in [9.17, 15) is 4.79 Å². The average molecular weight is 359 g/mol. The predicted octanol–water partition coefficient (Wildman–Crippen LogP) is 5.80. The lowest BCUT2D eigenvalue weighted by Gasteiger charge is -2.16. The number of hydrogen-bond donors (Lipinski definition) is 2. The van der Waals surface area contributed by atoms with Crippen LogP contribution in [0, 0.1) is 0 Å². The van der Waals surface area contributed by atoms with E-state index in [-0.39, 0.29) is 6.17 Å². The molecule has 0 aromatic rings. The molecular formula is C21H46N2O2. The zero-order valence-electron chi connectivity index (χ0n) is 17.6. The van der Waals surface area contributed by atoms with Crippen LogP contribution in [0.5, 0.6) is 0 Å². The van der Waals surface area contributed by atoms with E-state index >= 15 is 0 Å². The Labute approximate surface area is 157 Å². The summed E-state index contributed by atoms with van der Waals surface area (Å²) >= 11 is 0. The van der Waals surface area contributed by atoms with Crippen molar-refractivity contribution in [2.45, 2.75) is 116 Å². The van der Waals surface area contributed by atoms with Crippen molar-refractivity contribution in [1.82, 2.24) is 4.90 Å². The van der Waals surface area contributed by atoms with Crippen molar-refractivity contribution >= 4 is 5.97 Å². The smallest absolute Gasteiger partial charge is 0.303 e. The summed E-state index contributed by atoms with van der Waals surface area (Å²) in [5.41, 5.74) is 5.54. The summed E-state index contributed by atoms with van der Waals surface area (Å²) in [7, 11) is 3.96. The first-order chi connectivity index (χ1) is 12.0. The molecule has 152 valence electrons. The van der Waals surface area contributed by atoms with Crippen LogP contribution in [0.2, 0.25) is 0 Å². The zero-order chi connectivity index (χ0) is 19.3. The number of carbonyl (C=O) groups is 1. The number of nitrogens with two attached hydrogens (primary N) is 1. The van der Waals surface area contributed by atoms with Gasteiger partial charge in [-0.3, -0.25) is 9.69 Å². The highest BCUT2D eigenvalue weighted by Gasteiger charge is 1.97. The van der Waals surface area contributed by atoms with E-state index in [0.29, 0.717) is 6.42 Å². The molecule has 0 aromatic carbocycles. The fraction of sp³-hybridized carbons (Fsp3) is 0.952. The van der Waals surface area contributed by atoms with E-state index in [1.54, 1.807) is 0 Å². The van der Waals surface area contributed by atoms with Crippen molar-refractivity contribution in [2.75, 3.05) is 14.1 Å². The number of hydrogen-bond acceptors (Lipinski definition) is 3. The van der Waals surface area contributed by atoms with E-state index in [1.165, 1.54) is 70.6 Å². The van der Waals surface area contributed by atoms with E-state index in [0.717, 1.165) is 19.3 Å². The molecular weight excluding hydrogens is 312 g/mol. The van der Waals surface area contributed by atoms with Crippen LogP contribution in [0.4, 0.5) is 0 Å². The van der Waals surface area contributed by atoms with Gasteiger partial charge in [0, 0.05) is 6.42 Å². The normalized spacial score (nSPS) is 11.9. The van der Waals surface area contributed by atoms with Crippen molar-refractivity contribution in [3.63, 3.8) is 0 Å². The first-order valence-corrected chi connectivity index (χ1v) is 10.6. The Kier molecular flexibility index (Phi) is 22.8. The van der Waals surface area contributed by atoms with Gasteiger partial charge in [0.2, 0.25) is 0 Å². The molecule has 4 heteroatoms. The molecule has 1 unspecified atom stereocenters. The number of aliphatic carboxylic acids is 1. The molecule has 3 N–H and O–H groups in total. The molecule has 0 aliphatic rings. The van der Waals surface area contributed by atoms with Gasteiger partial charge in [0.1, 0.15) is 0 Å². The Bertz CT molecular complexity index is 271. The number of nitrogens with zero attached hydrogens (tertiary/aromatic N) is 1. The number of rotatable bonds is 16. The Morgan fingerprint density at radius 2 is 1.16 bits per heavy atom. The van der Waals surface area contributed by atoms with Gasteiger partial charge in [0.05, 0.1) is 6.17 Å². The van der Waals surface area contributed by atoms with Gasteiger partial charge in [-0.25, -0.2) is 0 Å². The molecule has 0 aliphatic heterocycles. The molecule has 0 amide bonds. The Balaban J connectivity index is 0. The standard InChI is InChI=1S/C16H32O2.C5H14N2/c1-2-3-4-5-6-7-8-9-10-11-12-13-14-15-16(17)18;1-4-5(6)7(2)3/h2-15H2,1H3,(H,17,18);5H,4,6H2,1-3H3. The average Bonchev–Trinajstić information content (AvgIpc) is 2.58. The molecule has 0 spiro atoms. The van der Waals surface area contributed by atoms with Crippen molar-refractivity contribution in [3.8, 4) is 0 Å². The summed E-state index contributed by atoms with van der Waals surface area (Å²) in [4.78, 5) is 12.3. The third kappa shape index (κ3) is 25.7. The first-order valence-electron chi connectivity index (χ1n) is 10.6. The lowest BCUT2D eigenvalue weighted by molar-refractivity contribution is -0.137. The molecule has 0 saturated heterocycles. The van der Waals surface area contributed by atoms with Crippen LogP contribution in [-0.4, -0.2) is 36.2 Å². The molecule has 0 saturated carbocycles. The maximum Gasteiger partial charge on any atom is 0.303 e.